The molecule has 0 aliphatic rings. The van der Waals surface area contributed by atoms with Crippen molar-refractivity contribution in [1.82, 2.24) is 4.47 Å². The van der Waals surface area contributed by atoms with Crippen molar-refractivity contribution >= 4 is 48.9 Å². The molecule has 8 nitrogen and oxygen atoms in total. The van der Waals surface area contributed by atoms with Gasteiger partial charge in [0.25, 0.3) is 10.0 Å². The second kappa shape index (κ2) is 8.21. The second-order valence-corrected chi connectivity index (χ2v) is 9.83. The molecule has 2 aromatic carbocycles. The zero-order chi connectivity index (χ0) is 20.4. The van der Waals surface area contributed by atoms with Gasteiger partial charge in [0, 0.05) is 18.1 Å². The number of benzene rings is 2. The van der Waals surface area contributed by atoms with Gasteiger partial charge in [-0.2, -0.15) is 0 Å². The van der Waals surface area contributed by atoms with Gasteiger partial charge in [0.05, 0.1) is 29.0 Å². The third-order valence-corrected chi connectivity index (χ3v) is 6.05. The van der Waals surface area contributed by atoms with Crippen molar-refractivity contribution in [3.63, 3.8) is 0 Å². The van der Waals surface area contributed by atoms with E-state index in [-0.39, 0.29) is 27.1 Å². The van der Waals surface area contributed by atoms with Gasteiger partial charge in [-0.05, 0) is 30.3 Å². The maximum absolute atomic E-state index is 12.4. The molecule has 0 amide bonds. The lowest BCUT2D eigenvalue weighted by atomic mass is 10.3. The van der Waals surface area contributed by atoms with Gasteiger partial charge in [-0.1, -0.05) is 27.7 Å². The summed E-state index contributed by atoms with van der Waals surface area (Å²) >= 11 is 11.9. The van der Waals surface area contributed by atoms with E-state index in [0.717, 1.165) is 12.3 Å². The van der Waals surface area contributed by atoms with E-state index in [1.54, 1.807) is 0 Å². The van der Waals surface area contributed by atoms with Crippen LogP contribution in [0, 0.1) is 0 Å². The van der Waals surface area contributed by atoms with Crippen LogP contribution in [0.2, 0.25) is 10.0 Å². The lowest BCUT2D eigenvalue weighted by Crippen LogP contribution is -2.25. The van der Waals surface area contributed by atoms with E-state index < -0.39 is 20.0 Å². The number of sulfonamides is 2. The van der Waals surface area contributed by atoms with Crippen LogP contribution in [0.1, 0.15) is 0 Å². The zero-order valence-electron chi connectivity index (χ0n) is 14.4. The Morgan fingerprint density at radius 2 is 1.67 bits per heavy atom. The number of halogens is 2. The lowest BCUT2D eigenvalue weighted by Gasteiger charge is -2.17. The van der Waals surface area contributed by atoms with Crippen LogP contribution in [0.15, 0.2) is 41.3 Å². The molecule has 0 bridgehead atoms. The molecule has 0 aliphatic carbocycles. The summed E-state index contributed by atoms with van der Waals surface area (Å²) in [5.74, 6) is 0.0856. The van der Waals surface area contributed by atoms with Crippen molar-refractivity contribution in [2.75, 3.05) is 25.1 Å². The minimum Gasteiger partial charge on any atom is -0.454 e. The summed E-state index contributed by atoms with van der Waals surface area (Å²) < 4.78 is 56.6. The summed E-state index contributed by atoms with van der Waals surface area (Å²) in [5, 5.41) is 0.537. The Morgan fingerprint density at radius 3 is 2.22 bits per heavy atom. The number of hydrogen-bond donors (Lipinski definition) is 1. The minimum absolute atomic E-state index is 0.0301. The van der Waals surface area contributed by atoms with Crippen molar-refractivity contribution < 1.29 is 26.4 Å². The van der Waals surface area contributed by atoms with Crippen LogP contribution in [0.5, 0.6) is 11.5 Å². The van der Waals surface area contributed by atoms with E-state index in [0.29, 0.717) is 9.49 Å². The molecular formula is C15H16Cl2N2O6S2. The molecule has 0 saturated carbocycles. The Kier molecular flexibility index (Phi) is 6.61. The van der Waals surface area contributed by atoms with E-state index in [1.807, 2.05) is 0 Å². The van der Waals surface area contributed by atoms with E-state index in [9.17, 15) is 16.8 Å². The highest BCUT2D eigenvalue weighted by Gasteiger charge is 2.23. The van der Waals surface area contributed by atoms with Gasteiger partial charge in [-0.3, -0.25) is 9.56 Å². The highest BCUT2D eigenvalue weighted by atomic mass is 35.5. The molecule has 0 fully saturated rings. The monoisotopic (exact) mass is 454 g/mol. The Bertz CT molecular complexity index is 1060. The third kappa shape index (κ3) is 5.47. The first-order valence-electron chi connectivity index (χ1n) is 7.22. The fourth-order valence-corrected chi connectivity index (χ4v) is 3.96. The van der Waals surface area contributed by atoms with Crippen LogP contribution < -0.4 is 9.46 Å². The maximum Gasteiger partial charge on any atom is 0.264 e. The molecule has 12 heteroatoms. The van der Waals surface area contributed by atoms with E-state index >= 15 is 0 Å². The normalized spacial score (nSPS) is 12.2. The molecule has 2 rings (SSSR count). The van der Waals surface area contributed by atoms with Gasteiger partial charge in [0.1, 0.15) is 5.75 Å². The molecule has 0 atom stereocenters. The van der Waals surface area contributed by atoms with Crippen LogP contribution in [-0.4, -0.2) is 41.7 Å². The van der Waals surface area contributed by atoms with Gasteiger partial charge >= 0.3 is 0 Å². The van der Waals surface area contributed by atoms with Gasteiger partial charge in [0.2, 0.25) is 10.0 Å². The second-order valence-electron chi connectivity index (χ2n) is 5.31. The predicted molar refractivity (Wildman–Crippen MR) is 103 cm³/mol. The van der Waals surface area contributed by atoms with Crippen molar-refractivity contribution in [2.45, 2.75) is 4.90 Å². The van der Waals surface area contributed by atoms with E-state index in [2.05, 4.69) is 4.72 Å². The first-order valence-corrected chi connectivity index (χ1v) is 11.3. The van der Waals surface area contributed by atoms with Crippen LogP contribution in [0.25, 0.3) is 0 Å². The van der Waals surface area contributed by atoms with Crippen LogP contribution in [0.3, 0.4) is 0 Å². The van der Waals surface area contributed by atoms with Crippen molar-refractivity contribution in [2.24, 2.45) is 0 Å². The maximum atomic E-state index is 12.4. The molecule has 1 N–H and O–H groups in total. The SMILES string of the molecule is CON(C)S(=O)(=O)c1ccc(NS(C)(=O)=O)c(Oc2ccc(Cl)cc2Cl)c1. The molecule has 0 saturated heterocycles. The van der Waals surface area contributed by atoms with Crippen molar-refractivity contribution in [3.05, 3.63) is 46.4 Å². The van der Waals surface area contributed by atoms with Gasteiger partial charge in [-0.25, -0.2) is 16.8 Å². The first kappa shape index (κ1) is 21.7. The summed E-state index contributed by atoms with van der Waals surface area (Å²) in [4.78, 5) is 4.55. The lowest BCUT2D eigenvalue weighted by molar-refractivity contribution is -0.0258. The Hall–Kier alpha value is -1.56. The highest BCUT2D eigenvalue weighted by molar-refractivity contribution is 7.92. The average Bonchev–Trinajstić information content (AvgIpc) is 2.56. The van der Waals surface area contributed by atoms with Crippen LogP contribution in [-0.2, 0) is 24.9 Å². The fourth-order valence-electron chi connectivity index (χ4n) is 1.95. The number of hydrogen-bond acceptors (Lipinski definition) is 6. The highest BCUT2D eigenvalue weighted by Crippen LogP contribution is 2.37. The largest absolute Gasteiger partial charge is 0.454 e. The zero-order valence-corrected chi connectivity index (χ0v) is 17.6. The number of nitrogens with zero attached hydrogens (tertiary/aromatic N) is 1. The number of ether oxygens (including phenoxy) is 1. The minimum atomic E-state index is -3.98. The third-order valence-electron chi connectivity index (χ3n) is 3.26. The van der Waals surface area contributed by atoms with E-state index in [1.165, 1.54) is 44.5 Å². The molecule has 0 aliphatic heterocycles. The smallest absolute Gasteiger partial charge is 0.264 e. The molecule has 0 radical (unpaired) electrons. The summed E-state index contributed by atoms with van der Waals surface area (Å²) in [6, 6.07) is 8.05. The quantitative estimate of drug-likeness (QED) is 0.643. The molecular weight excluding hydrogens is 439 g/mol. The number of rotatable bonds is 7. The summed E-state index contributed by atoms with van der Waals surface area (Å²) in [6.45, 7) is 0. The fraction of sp³-hybridized carbons (Fsp3) is 0.200. The number of anilines is 1. The first-order chi connectivity index (χ1) is 12.4. The molecule has 0 heterocycles. The van der Waals surface area contributed by atoms with Crippen molar-refractivity contribution in [3.8, 4) is 11.5 Å². The molecule has 27 heavy (non-hydrogen) atoms. The Morgan fingerprint density at radius 1 is 1.00 bits per heavy atom. The van der Waals surface area contributed by atoms with Crippen LogP contribution >= 0.6 is 23.2 Å². The number of hydroxylamine groups is 1. The molecule has 0 aromatic heterocycles. The van der Waals surface area contributed by atoms with E-state index in [4.69, 9.17) is 32.8 Å². The summed E-state index contributed by atoms with van der Waals surface area (Å²) in [6.07, 6.45) is 0.954. The predicted octanol–water partition coefficient (Wildman–Crippen LogP) is 3.34. The molecule has 0 unspecified atom stereocenters. The van der Waals surface area contributed by atoms with Gasteiger partial charge in [-0.15, -0.1) is 0 Å². The van der Waals surface area contributed by atoms with Crippen LogP contribution in [0.4, 0.5) is 5.69 Å². The summed E-state index contributed by atoms with van der Waals surface area (Å²) in [7, 11) is -5.21. The summed E-state index contributed by atoms with van der Waals surface area (Å²) in [5.41, 5.74) is 0.0301. The van der Waals surface area contributed by atoms with Gasteiger partial charge in [0.15, 0.2) is 5.75 Å². The Balaban J connectivity index is 2.57. The molecule has 0 spiro atoms. The number of nitrogens with one attached hydrogen (secondary N) is 1. The molecule has 148 valence electrons. The van der Waals surface area contributed by atoms with Gasteiger partial charge < -0.3 is 4.74 Å². The standard InChI is InChI=1S/C15H16Cl2N2O6S2/c1-19(24-2)27(22,23)11-5-6-13(18-26(3,20)21)15(9-11)25-14-7-4-10(16)8-12(14)17/h4-9,18H,1-3H3. The Labute approximate surface area is 167 Å². The average molecular weight is 455 g/mol. The topological polar surface area (TPSA) is 102 Å². The molecule has 2 aromatic rings. The van der Waals surface area contributed by atoms with Crippen molar-refractivity contribution in [1.29, 1.82) is 0 Å².